The summed E-state index contributed by atoms with van der Waals surface area (Å²) in [6, 6.07) is 3.16. The molecule has 0 spiro atoms. The van der Waals surface area contributed by atoms with Crippen LogP contribution in [-0.2, 0) is 14.8 Å². The van der Waals surface area contributed by atoms with E-state index in [0.717, 1.165) is 50.3 Å². The number of carbonyl (C=O) groups is 1. The summed E-state index contributed by atoms with van der Waals surface area (Å²) in [4.78, 5) is 11.1. The van der Waals surface area contributed by atoms with E-state index in [1.54, 1.807) is 13.8 Å². The molecule has 0 radical (unpaired) electrons. The summed E-state index contributed by atoms with van der Waals surface area (Å²) in [5, 5.41) is 3.50. The van der Waals surface area contributed by atoms with Gasteiger partial charge in [0.25, 0.3) is 0 Å². The maximum absolute atomic E-state index is 14.0. The highest BCUT2D eigenvalue weighted by Gasteiger charge is 2.57. The van der Waals surface area contributed by atoms with Crippen molar-refractivity contribution in [2.75, 3.05) is 6.54 Å². The van der Waals surface area contributed by atoms with Gasteiger partial charge in [0, 0.05) is 23.5 Å². The monoisotopic (exact) mass is 441 g/mol. The summed E-state index contributed by atoms with van der Waals surface area (Å²) in [6.45, 7) is 3.66. The minimum atomic E-state index is -4.37. The van der Waals surface area contributed by atoms with Crippen molar-refractivity contribution in [3.8, 4) is 0 Å². The largest absolute Gasteiger partial charge is 0.369 e. The highest BCUT2D eigenvalue weighted by atomic mass is 32.2. The predicted octanol–water partition coefficient (Wildman–Crippen LogP) is 2.29. The van der Waals surface area contributed by atoms with Gasteiger partial charge in [0.1, 0.15) is 11.6 Å². The topological polar surface area (TPSA) is 101 Å². The summed E-state index contributed by atoms with van der Waals surface area (Å²) >= 11 is 0. The van der Waals surface area contributed by atoms with Gasteiger partial charge < -0.3 is 11.1 Å². The van der Waals surface area contributed by atoms with Crippen molar-refractivity contribution in [1.29, 1.82) is 0 Å². The van der Waals surface area contributed by atoms with Gasteiger partial charge in [0.15, 0.2) is 4.90 Å². The molecule has 4 bridgehead atoms. The molecule has 2 atom stereocenters. The molecule has 0 aromatic heterocycles. The molecule has 30 heavy (non-hydrogen) atoms. The smallest absolute Gasteiger partial charge is 0.246 e. The fourth-order valence-electron chi connectivity index (χ4n) is 6.22. The standard InChI is InChI=1S/C21H29F2N3O3S/c1-20(2,26-30(28,29)18-15(22)4-3-5-16(18)23)11-25-17-13-6-12-7-14(17)10-21(8-12,9-13)19(24)27/h3-5,12-14,17,25-26H,6-11H2,1-2H3,(H2,24,27). The third-order valence-electron chi connectivity index (χ3n) is 7.17. The van der Waals surface area contributed by atoms with Gasteiger partial charge in [-0.2, -0.15) is 0 Å². The lowest BCUT2D eigenvalue weighted by atomic mass is 9.47. The normalized spacial score (nSPS) is 33.1. The number of benzene rings is 1. The third kappa shape index (κ3) is 3.76. The lowest BCUT2D eigenvalue weighted by molar-refractivity contribution is -0.146. The van der Waals surface area contributed by atoms with Crippen molar-refractivity contribution in [3.63, 3.8) is 0 Å². The minimum absolute atomic E-state index is 0.183. The zero-order chi connectivity index (χ0) is 21.9. The molecule has 5 rings (SSSR count). The molecule has 2 unspecified atom stereocenters. The molecule has 0 aliphatic heterocycles. The molecule has 1 aromatic carbocycles. The summed E-state index contributed by atoms with van der Waals surface area (Å²) < 4.78 is 55.7. The maximum atomic E-state index is 14.0. The Morgan fingerprint density at radius 1 is 1.17 bits per heavy atom. The second-order valence-corrected chi connectivity index (χ2v) is 11.7. The Balaban J connectivity index is 1.45. The molecule has 4 aliphatic carbocycles. The Morgan fingerprint density at radius 2 is 1.73 bits per heavy atom. The molecule has 9 heteroatoms. The van der Waals surface area contributed by atoms with Crippen molar-refractivity contribution < 1.29 is 22.0 Å². The number of hydrogen-bond donors (Lipinski definition) is 3. The molecule has 4 N–H and O–H groups in total. The van der Waals surface area contributed by atoms with Crippen molar-refractivity contribution in [2.24, 2.45) is 28.9 Å². The highest BCUT2D eigenvalue weighted by Crippen LogP contribution is 2.59. The molecule has 4 saturated carbocycles. The van der Waals surface area contributed by atoms with Crippen LogP contribution in [0.4, 0.5) is 8.78 Å². The van der Waals surface area contributed by atoms with E-state index in [4.69, 9.17) is 5.73 Å². The molecular formula is C21H29F2N3O3S. The molecule has 166 valence electrons. The number of nitrogens with one attached hydrogen (secondary N) is 2. The van der Waals surface area contributed by atoms with E-state index < -0.39 is 32.1 Å². The van der Waals surface area contributed by atoms with Crippen LogP contribution in [0.3, 0.4) is 0 Å². The first kappa shape index (κ1) is 21.6. The summed E-state index contributed by atoms with van der Waals surface area (Å²) in [6.07, 6.45) is 4.55. The number of halogens is 2. The summed E-state index contributed by atoms with van der Waals surface area (Å²) in [5.41, 5.74) is 4.38. The number of sulfonamides is 1. The van der Waals surface area contributed by atoms with Crippen molar-refractivity contribution in [3.05, 3.63) is 29.8 Å². The van der Waals surface area contributed by atoms with Crippen LogP contribution < -0.4 is 15.8 Å². The molecule has 0 saturated heterocycles. The lowest BCUT2D eigenvalue weighted by Gasteiger charge is -2.59. The fourth-order valence-corrected chi connectivity index (χ4v) is 7.77. The second-order valence-electron chi connectivity index (χ2n) is 10.1. The van der Waals surface area contributed by atoms with Crippen LogP contribution in [0.25, 0.3) is 0 Å². The molecule has 1 amide bonds. The zero-order valence-electron chi connectivity index (χ0n) is 17.3. The van der Waals surface area contributed by atoms with Gasteiger partial charge in [-0.15, -0.1) is 0 Å². The number of carbonyl (C=O) groups excluding carboxylic acids is 1. The van der Waals surface area contributed by atoms with Crippen LogP contribution in [0.1, 0.15) is 46.0 Å². The Labute approximate surface area is 176 Å². The average Bonchev–Trinajstić information content (AvgIpc) is 2.59. The van der Waals surface area contributed by atoms with Crippen LogP contribution in [0.5, 0.6) is 0 Å². The highest BCUT2D eigenvalue weighted by molar-refractivity contribution is 7.89. The van der Waals surface area contributed by atoms with E-state index in [2.05, 4.69) is 10.0 Å². The van der Waals surface area contributed by atoms with Gasteiger partial charge >= 0.3 is 0 Å². The first-order valence-corrected chi connectivity index (χ1v) is 11.9. The first-order chi connectivity index (χ1) is 13.9. The molecule has 4 aliphatic rings. The van der Waals surface area contributed by atoms with E-state index in [9.17, 15) is 22.0 Å². The molecular weight excluding hydrogens is 412 g/mol. The number of amides is 1. The van der Waals surface area contributed by atoms with Gasteiger partial charge in [0.05, 0.1) is 0 Å². The first-order valence-electron chi connectivity index (χ1n) is 10.4. The van der Waals surface area contributed by atoms with Crippen LogP contribution in [0.15, 0.2) is 23.1 Å². The van der Waals surface area contributed by atoms with Crippen LogP contribution >= 0.6 is 0 Å². The van der Waals surface area contributed by atoms with Crippen molar-refractivity contribution in [1.82, 2.24) is 10.0 Å². The number of primary amides is 1. The van der Waals surface area contributed by atoms with Crippen molar-refractivity contribution in [2.45, 2.75) is 62.4 Å². The Morgan fingerprint density at radius 3 is 2.27 bits per heavy atom. The minimum Gasteiger partial charge on any atom is -0.369 e. The predicted molar refractivity (Wildman–Crippen MR) is 108 cm³/mol. The van der Waals surface area contributed by atoms with Gasteiger partial charge in [-0.1, -0.05) is 6.07 Å². The van der Waals surface area contributed by atoms with Crippen LogP contribution in [0, 0.1) is 34.8 Å². The lowest BCUT2D eigenvalue weighted by Crippen LogP contribution is -2.63. The molecule has 6 nitrogen and oxygen atoms in total. The van der Waals surface area contributed by atoms with E-state index in [-0.39, 0.29) is 17.4 Å². The van der Waals surface area contributed by atoms with E-state index in [0.29, 0.717) is 24.3 Å². The van der Waals surface area contributed by atoms with Crippen molar-refractivity contribution >= 4 is 15.9 Å². The van der Waals surface area contributed by atoms with E-state index in [1.807, 2.05) is 0 Å². The maximum Gasteiger partial charge on any atom is 0.246 e. The quantitative estimate of drug-likeness (QED) is 0.604. The van der Waals surface area contributed by atoms with E-state index in [1.165, 1.54) is 0 Å². The molecule has 1 aromatic rings. The Bertz CT molecular complexity index is 930. The van der Waals surface area contributed by atoms with Gasteiger partial charge in [-0.3, -0.25) is 4.79 Å². The number of rotatable bonds is 7. The zero-order valence-corrected chi connectivity index (χ0v) is 18.1. The SMILES string of the molecule is CC(C)(CNC1C2CC3CC1CC(C(N)=O)(C3)C2)NS(=O)(=O)c1c(F)cccc1F. The summed E-state index contributed by atoms with van der Waals surface area (Å²) in [5.74, 6) is -1.24. The number of hydrogen-bond acceptors (Lipinski definition) is 4. The van der Waals surface area contributed by atoms with Gasteiger partial charge in [-0.05, 0) is 75.8 Å². The van der Waals surface area contributed by atoms with Crippen LogP contribution in [0.2, 0.25) is 0 Å². The Kier molecular flexibility index (Phi) is 5.22. The van der Waals surface area contributed by atoms with Crippen LogP contribution in [-0.4, -0.2) is 32.5 Å². The third-order valence-corrected chi connectivity index (χ3v) is 8.92. The van der Waals surface area contributed by atoms with Gasteiger partial charge in [-0.25, -0.2) is 21.9 Å². The average molecular weight is 442 g/mol. The number of nitrogens with two attached hydrogens (primary N) is 1. The summed E-state index contributed by atoms with van der Waals surface area (Å²) in [7, 11) is -4.37. The fraction of sp³-hybridized carbons (Fsp3) is 0.667. The molecule has 0 heterocycles. The second kappa shape index (κ2) is 7.24. The molecule has 4 fully saturated rings. The Hall–Kier alpha value is -1.58. The van der Waals surface area contributed by atoms with Gasteiger partial charge in [0.2, 0.25) is 15.9 Å². The van der Waals surface area contributed by atoms with E-state index >= 15 is 0 Å².